The summed E-state index contributed by atoms with van der Waals surface area (Å²) < 4.78 is 11.0. The van der Waals surface area contributed by atoms with Crippen LogP contribution in [0.2, 0.25) is 0 Å². The van der Waals surface area contributed by atoms with E-state index < -0.39 is 12.9 Å². The van der Waals surface area contributed by atoms with Crippen molar-refractivity contribution in [2.75, 3.05) is 0 Å². The van der Waals surface area contributed by atoms with Gasteiger partial charge >= 0.3 is 7.60 Å². The van der Waals surface area contributed by atoms with Gasteiger partial charge in [0, 0.05) is 0 Å². The van der Waals surface area contributed by atoms with Gasteiger partial charge in [0.15, 0.2) is 0 Å². The third-order valence-corrected chi connectivity index (χ3v) is 2.84. The highest BCUT2D eigenvalue weighted by Gasteiger charge is 2.25. The van der Waals surface area contributed by atoms with Crippen molar-refractivity contribution in [1.29, 1.82) is 5.26 Å². The minimum absolute atomic E-state index is 0.378. The van der Waals surface area contributed by atoms with Gasteiger partial charge in [-0.2, -0.15) is 5.26 Å². The number of allylic oxidation sites excluding steroid dienone is 3. The van der Waals surface area contributed by atoms with Crippen LogP contribution in [0.5, 0.6) is 0 Å². The molecule has 0 amide bonds. The highest BCUT2D eigenvalue weighted by atomic mass is 31.2. The lowest BCUT2D eigenvalue weighted by Crippen LogP contribution is -1.94. The number of hydrogen-bond acceptors (Lipinski definition) is 2. The van der Waals surface area contributed by atoms with Gasteiger partial charge in [0.2, 0.25) is 0 Å². The van der Waals surface area contributed by atoms with E-state index in [4.69, 9.17) is 15.0 Å². The van der Waals surface area contributed by atoms with Gasteiger partial charge in [0.1, 0.15) is 11.4 Å². The van der Waals surface area contributed by atoms with Gasteiger partial charge in [0.25, 0.3) is 0 Å². The smallest absolute Gasteiger partial charge is 0.321 e. The summed E-state index contributed by atoms with van der Waals surface area (Å²) in [6.45, 7) is 7.24. The molecule has 0 heterocycles. The molecule has 0 aromatic carbocycles. The topological polar surface area (TPSA) is 81.3 Å². The molecular formula is C9H14NO3P. The fourth-order valence-corrected chi connectivity index (χ4v) is 1.90. The van der Waals surface area contributed by atoms with E-state index in [0.717, 1.165) is 0 Å². The second-order valence-corrected chi connectivity index (χ2v) is 4.33. The maximum atomic E-state index is 11.0. The fourth-order valence-electron chi connectivity index (χ4n) is 1.11. The van der Waals surface area contributed by atoms with Crippen molar-refractivity contribution in [3.8, 4) is 6.07 Å². The molecule has 0 bridgehead atoms. The normalized spacial score (nSPS) is 13.1. The molecule has 14 heavy (non-hydrogen) atoms. The first-order valence-corrected chi connectivity index (χ1v) is 5.87. The van der Waals surface area contributed by atoms with E-state index in [1.807, 2.05) is 6.92 Å². The molecule has 4 nitrogen and oxygen atoms in total. The molecule has 78 valence electrons. The summed E-state index contributed by atoms with van der Waals surface area (Å²) in [7, 11) is -4.46. The summed E-state index contributed by atoms with van der Waals surface area (Å²) in [6, 6.07) is 1.56. The number of hydrogen-bond donors (Lipinski definition) is 2. The van der Waals surface area contributed by atoms with Crippen molar-refractivity contribution >= 4 is 7.60 Å². The molecule has 2 N–H and O–H groups in total. The maximum absolute atomic E-state index is 11.0. The first-order valence-electron chi connectivity index (χ1n) is 4.25. The van der Waals surface area contributed by atoms with Crippen molar-refractivity contribution in [3.63, 3.8) is 0 Å². The van der Waals surface area contributed by atoms with Crippen LogP contribution in [0, 0.1) is 11.3 Å². The third kappa shape index (κ3) is 3.12. The Labute approximate surface area is 83.7 Å². The molecule has 0 aliphatic heterocycles. The summed E-state index contributed by atoms with van der Waals surface area (Å²) >= 11 is 0. The number of rotatable bonds is 4. The molecule has 0 unspecified atom stereocenters. The predicted octanol–water partition coefficient (Wildman–Crippen LogP) is 2.32. The monoisotopic (exact) mass is 215 g/mol. The minimum atomic E-state index is -4.46. The quantitative estimate of drug-likeness (QED) is 0.428. The van der Waals surface area contributed by atoms with Crippen molar-refractivity contribution in [3.05, 3.63) is 23.0 Å². The summed E-state index contributed by atoms with van der Waals surface area (Å²) in [6.07, 6.45) is 0.981. The van der Waals surface area contributed by atoms with Gasteiger partial charge in [0.05, 0.1) is 0 Å². The molecule has 5 heteroatoms. The first-order chi connectivity index (χ1) is 6.38. The Morgan fingerprint density at radius 2 is 1.93 bits per heavy atom. The standard InChI is InChI=1S/C9H14NO3P/c1-4-7(3)8(5-2)9(6-10)14(11,12)13/h3-5H2,1-2H3,(H2,11,12,13). The van der Waals surface area contributed by atoms with E-state index >= 15 is 0 Å². The van der Waals surface area contributed by atoms with Gasteiger partial charge in [-0.1, -0.05) is 26.0 Å². The van der Waals surface area contributed by atoms with Gasteiger partial charge in [-0.05, 0) is 18.4 Å². The van der Waals surface area contributed by atoms with Crippen LogP contribution in [0.4, 0.5) is 0 Å². The second kappa shape index (κ2) is 5.11. The zero-order valence-electron chi connectivity index (χ0n) is 8.32. The molecule has 0 spiro atoms. The van der Waals surface area contributed by atoms with Crippen LogP contribution < -0.4 is 0 Å². The summed E-state index contributed by atoms with van der Waals surface area (Å²) in [4.78, 5) is 17.8. The van der Waals surface area contributed by atoms with Crippen LogP contribution in [0.15, 0.2) is 23.0 Å². The Kier molecular flexibility index (Phi) is 4.79. The Balaban J connectivity index is 5.50. The van der Waals surface area contributed by atoms with Crippen LogP contribution in [0.25, 0.3) is 0 Å². The third-order valence-electron chi connectivity index (χ3n) is 1.89. The van der Waals surface area contributed by atoms with Gasteiger partial charge in [-0.3, -0.25) is 4.57 Å². The van der Waals surface area contributed by atoms with E-state index in [9.17, 15) is 4.57 Å². The van der Waals surface area contributed by atoms with Crippen LogP contribution in [-0.2, 0) is 4.57 Å². The van der Waals surface area contributed by atoms with E-state index in [1.165, 1.54) is 0 Å². The van der Waals surface area contributed by atoms with E-state index in [0.29, 0.717) is 24.0 Å². The average Bonchev–Trinajstić information content (AvgIpc) is 2.10. The summed E-state index contributed by atoms with van der Waals surface area (Å²) in [5, 5.41) is 8.21. The molecule has 0 saturated heterocycles. The number of nitrogens with zero attached hydrogens (tertiary/aromatic N) is 1. The van der Waals surface area contributed by atoms with Crippen LogP contribution >= 0.6 is 7.60 Å². The molecular weight excluding hydrogens is 201 g/mol. The van der Waals surface area contributed by atoms with Gasteiger partial charge in [-0.25, -0.2) is 0 Å². The predicted molar refractivity (Wildman–Crippen MR) is 54.4 cm³/mol. The highest BCUT2D eigenvalue weighted by molar-refractivity contribution is 7.57. The molecule has 0 aromatic heterocycles. The first kappa shape index (κ1) is 13.1. The second-order valence-electron chi connectivity index (χ2n) is 2.79. The molecule has 0 fully saturated rings. The Morgan fingerprint density at radius 3 is 2.14 bits per heavy atom. The van der Waals surface area contributed by atoms with Crippen LogP contribution in [0.3, 0.4) is 0 Å². The van der Waals surface area contributed by atoms with E-state index in [-0.39, 0.29) is 0 Å². The Bertz CT molecular complexity index is 346. The zero-order valence-corrected chi connectivity index (χ0v) is 9.21. The average molecular weight is 215 g/mol. The largest absolute Gasteiger partial charge is 0.366 e. The number of nitriles is 1. The Morgan fingerprint density at radius 1 is 1.43 bits per heavy atom. The lowest BCUT2D eigenvalue weighted by Gasteiger charge is -2.10. The molecule has 0 rings (SSSR count). The van der Waals surface area contributed by atoms with Crippen molar-refractivity contribution < 1.29 is 14.4 Å². The van der Waals surface area contributed by atoms with Crippen molar-refractivity contribution in [2.24, 2.45) is 0 Å². The molecule has 0 radical (unpaired) electrons. The van der Waals surface area contributed by atoms with E-state index in [2.05, 4.69) is 6.58 Å². The fraction of sp³-hybridized carbons (Fsp3) is 0.444. The van der Waals surface area contributed by atoms with E-state index in [1.54, 1.807) is 13.0 Å². The van der Waals surface area contributed by atoms with Crippen molar-refractivity contribution in [1.82, 2.24) is 0 Å². The lowest BCUT2D eigenvalue weighted by atomic mass is 10.0. The lowest BCUT2D eigenvalue weighted by molar-refractivity contribution is 0.383. The Hall–Kier alpha value is -0.880. The minimum Gasteiger partial charge on any atom is -0.321 e. The highest BCUT2D eigenvalue weighted by Crippen LogP contribution is 2.47. The molecule has 0 saturated carbocycles. The molecule has 0 aliphatic carbocycles. The van der Waals surface area contributed by atoms with Crippen LogP contribution in [0.1, 0.15) is 26.7 Å². The maximum Gasteiger partial charge on any atom is 0.366 e. The summed E-state index contributed by atoms with van der Waals surface area (Å²) in [5.41, 5.74) is 0.982. The molecule has 0 atom stereocenters. The zero-order chi connectivity index (χ0) is 11.4. The van der Waals surface area contributed by atoms with Gasteiger partial charge in [-0.15, -0.1) is 0 Å². The molecule has 0 aromatic rings. The van der Waals surface area contributed by atoms with Crippen molar-refractivity contribution in [2.45, 2.75) is 26.7 Å². The molecule has 0 aliphatic rings. The van der Waals surface area contributed by atoms with Crippen LogP contribution in [-0.4, -0.2) is 9.79 Å². The summed E-state index contributed by atoms with van der Waals surface area (Å²) in [5.74, 6) is 0. The van der Waals surface area contributed by atoms with Gasteiger partial charge < -0.3 is 9.79 Å². The SMILES string of the molecule is C=C(CC)C(CC)=C(C#N)P(=O)(O)O.